The molecule has 0 aliphatic rings. The highest BCUT2D eigenvalue weighted by Gasteiger charge is 2.29. The first-order valence-electron chi connectivity index (χ1n) is 9.44. The number of rotatable bonds is 4. The van der Waals surface area contributed by atoms with Crippen LogP contribution in [0.5, 0.6) is 0 Å². The van der Waals surface area contributed by atoms with Gasteiger partial charge in [-0.3, -0.25) is 9.36 Å². The number of fused-ring (bicyclic) bond motifs is 1. The first kappa shape index (κ1) is 21.8. The molecule has 2 atom stereocenters. The summed E-state index contributed by atoms with van der Waals surface area (Å²) in [5.41, 5.74) is 3.12. The van der Waals surface area contributed by atoms with Crippen molar-refractivity contribution in [1.82, 2.24) is 14.3 Å². The highest BCUT2D eigenvalue weighted by Crippen LogP contribution is 2.28. The number of aromatic nitrogens is 2. The minimum atomic E-state index is -1.25. The Morgan fingerprint density at radius 1 is 1.21 bits per heavy atom. The summed E-state index contributed by atoms with van der Waals surface area (Å²) in [4.78, 5) is 18.0. The van der Waals surface area contributed by atoms with Gasteiger partial charge in [-0.25, -0.2) is 4.98 Å². The van der Waals surface area contributed by atoms with Gasteiger partial charge in [-0.05, 0) is 70.5 Å². The van der Waals surface area contributed by atoms with E-state index in [1.165, 1.54) is 0 Å². The average molecular weight is 432 g/mol. The van der Waals surface area contributed by atoms with Gasteiger partial charge in [0.15, 0.2) is 0 Å². The smallest absolute Gasteiger partial charge is 0.261 e. The van der Waals surface area contributed by atoms with Crippen LogP contribution in [0, 0.1) is 6.92 Å². The summed E-state index contributed by atoms with van der Waals surface area (Å²) in [6.07, 6.45) is 0. The van der Waals surface area contributed by atoms with Crippen LogP contribution < -0.4 is 10.3 Å². The largest absolute Gasteiger partial charge is 0.598 e. The van der Waals surface area contributed by atoms with Crippen LogP contribution in [0.4, 0.5) is 0 Å². The molecule has 1 N–H and O–H groups in total. The second kappa shape index (κ2) is 8.11. The number of hydrogen-bond donors (Lipinski definition) is 1. The van der Waals surface area contributed by atoms with E-state index in [-0.39, 0.29) is 11.6 Å². The summed E-state index contributed by atoms with van der Waals surface area (Å²) in [6, 6.07) is 10.9. The van der Waals surface area contributed by atoms with E-state index in [4.69, 9.17) is 16.6 Å². The van der Waals surface area contributed by atoms with Crippen molar-refractivity contribution < 1.29 is 4.55 Å². The number of halogens is 1. The summed E-state index contributed by atoms with van der Waals surface area (Å²) in [6.45, 7) is 9.65. The molecule has 0 unspecified atom stereocenters. The first-order chi connectivity index (χ1) is 13.5. The van der Waals surface area contributed by atoms with E-state index >= 15 is 0 Å². The quantitative estimate of drug-likeness (QED) is 0.609. The van der Waals surface area contributed by atoms with Crippen molar-refractivity contribution in [3.63, 3.8) is 0 Å². The molecule has 0 saturated carbocycles. The molecule has 1 aromatic heterocycles. The number of hydrogen-bond acceptors (Lipinski definition) is 4. The molecule has 0 aliphatic heterocycles. The highest BCUT2D eigenvalue weighted by atomic mass is 35.5. The molecule has 0 aliphatic carbocycles. The van der Waals surface area contributed by atoms with Gasteiger partial charge in [0.1, 0.15) is 10.6 Å². The molecule has 0 saturated heterocycles. The van der Waals surface area contributed by atoms with Gasteiger partial charge < -0.3 is 4.55 Å². The van der Waals surface area contributed by atoms with Gasteiger partial charge in [-0.2, -0.15) is 0 Å². The monoisotopic (exact) mass is 431 g/mol. The van der Waals surface area contributed by atoms with Crippen LogP contribution in [-0.4, -0.2) is 18.9 Å². The van der Waals surface area contributed by atoms with E-state index in [0.717, 1.165) is 16.7 Å². The Morgan fingerprint density at radius 2 is 1.83 bits per heavy atom. The lowest BCUT2D eigenvalue weighted by molar-refractivity contribution is 0.531. The molecule has 154 valence electrons. The molecule has 29 heavy (non-hydrogen) atoms. The first-order valence-corrected chi connectivity index (χ1v) is 11.0. The Morgan fingerprint density at radius 3 is 2.41 bits per heavy atom. The minimum absolute atomic E-state index is 0.117. The normalized spacial score (nSPS) is 14.2. The van der Waals surface area contributed by atoms with Crippen LogP contribution in [-0.2, 0) is 18.4 Å². The number of nitrogens with one attached hydrogen (secondary N) is 1. The molecule has 3 aromatic rings. The van der Waals surface area contributed by atoms with Gasteiger partial charge in [0.2, 0.25) is 0 Å². The van der Waals surface area contributed by atoms with Crippen molar-refractivity contribution >= 4 is 33.9 Å². The summed E-state index contributed by atoms with van der Waals surface area (Å²) in [5, 5.41) is 1.17. The van der Waals surface area contributed by atoms with E-state index in [2.05, 4.69) is 4.72 Å². The van der Waals surface area contributed by atoms with Gasteiger partial charge in [0.25, 0.3) is 5.56 Å². The van der Waals surface area contributed by atoms with E-state index in [9.17, 15) is 9.35 Å². The minimum Gasteiger partial charge on any atom is -0.598 e. The zero-order valence-electron chi connectivity index (χ0n) is 17.5. The van der Waals surface area contributed by atoms with Gasteiger partial charge in [-0.15, -0.1) is 4.72 Å². The third-order valence-electron chi connectivity index (χ3n) is 4.76. The van der Waals surface area contributed by atoms with Crippen molar-refractivity contribution in [2.75, 3.05) is 0 Å². The van der Waals surface area contributed by atoms with Crippen LogP contribution in [0.1, 0.15) is 44.9 Å². The summed E-state index contributed by atoms with van der Waals surface area (Å²) in [5.74, 6) is 0.563. The van der Waals surface area contributed by atoms with Gasteiger partial charge >= 0.3 is 0 Å². The molecular weight excluding hydrogens is 406 g/mol. The fourth-order valence-corrected chi connectivity index (χ4v) is 4.07. The maximum absolute atomic E-state index is 13.1. The van der Waals surface area contributed by atoms with Gasteiger partial charge in [0.05, 0.1) is 16.9 Å². The van der Waals surface area contributed by atoms with Crippen molar-refractivity contribution in [3.8, 4) is 11.4 Å². The summed E-state index contributed by atoms with van der Waals surface area (Å²) in [7, 11) is 1.72. The Labute approximate surface area is 179 Å². The van der Waals surface area contributed by atoms with Crippen LogP contribution >= 0.6 is 11.6 Å². The molecular formula is C22H26ClN3O2S. The maximum atomic E-state index is 13.1. The molecule has 0 bridgehead atoms. The Hall–Kier alpha value is -1.86. The molecule has 7 heteroatoms. The Bertz CT molecular complexity index is 1100. The second-order valence-corrected chi connectivity index (χ2v) is 10.7. The third-order valence-corrected chi connectivity index (χ3v) is 6.70. The molecule has 5 nitrogen and oxygen atoms in total. The number of benzene rings is 2. The lowest BCUT2D eigenvalue weighted by atomic mass is 10.0. The SMILES string of the molecule is Cc1cc([C@@H](C)N[S@+]([O-])C(C)(C)C)c2nc(-c3ccc(Cl)cc3)n(C)c(=O)c2c1. The predicted octanol–water partition coefficient (Wildman–Crippen LogP) is 4.68. The highest BCUT2D eigenvalue weighted by molar-refractivity contribution is 7.90. The van der Waals surface area contributed by atoms with Crippen molar-refractivity contribution in [2.24, 2.45) is 7.05 Å². The molecule has 0 fully saturated rings. The van der Waals surface area contributed by atoms with E-state index in [0.29, 0.717) is 21.7 Å². The second-order valence-electron chi connectivity index (χ2n) is 8.28. The predicted molar refractivity (Wildman–Crippen MR) is 122 cm³/mol. The van der Waals surface area contributed by atoms with Crippen molar-refractivity contribution in [1.29, 1.82) is 0 Å². The Balaban J connectivity index is 2.20. The standard InChI is InChI=1S/C22H26ClN3O2S/c1-13-11-17(14(2)25-29(28)22(3,4)5)19-18(12-13)21(27)26(6)20(24-19)15-7-9-16(23)10-8-15/h7-12,14,25H,1-6H3/t14-,29-/m1/s1. The molecule has 0 amide bonds. The molecule has 3 rings (SSSR count). The van der Waals surface area contributed by atoms with Crippen molar-refractivity contribution in [3.05, 3.63) is 62.9 Å². The zero-order chi connectivity index (χ0) is 21.5. The van der Waals surface area contributed by atoms with Crippen LogP contribution in [0.15, 0.2) is 41.2 Å². The van der Waals surface area contributed by atoms with E-state index in [1.54, 1.807) is 23.7 Å². The topological polar surface area (TPSA) is 70.0 Å². The molecule has 0 radical (unpaired) electrons. The molecule has 0 spiro atoms. The third kappa shape index (κ3) is 4.51. The van der Waals surface area contributed by atoms with Crippen LogP contribution in [0.3, 0.4) is 0 Å². The van der Waals surface area contributed by atoms with Gasteiger partial charge in [0, 0.05) is 34.6 Å². The molecule has 1 heterocycles. The Kier molecular flexibility index (Phi) is 6.11. The molecule has 2 aromatic carbocycles. The van der Waals surface area contributed by atoms with E-state index in [1.807, 2.05) is 58.9 Å². The lowest BCUT2D eigenvalue weighted by Gasteiger charge is -2.27. The summed E-state index contributed by atoms with van der Waals surface area (Å²) < 4.78 is 16.9. The van der Waals surface area contributed by atoms with Crippen LogP contribution in [0.2, 0.25) is 5.02 Å². The number of nitrogens with zero attached hydrogens (tertiary/aromatic N) is 2. The average Bonchev–Trinajstić information content (AvgIpc) is 2.64. The zero-order valence-corrected chi connectivity index (χ0v) is 19.1. The number of aryl methyl sites for hydroxylation is 1. The van der Waals surface area contributed by atoms with Gasteiger partial charge in [-0.1, -0.05) is 17.7 Å². The van der Waals surface area contributed by atoms with Crippen molar-refractivity contribution in [2.45, 2.75) is 45.4 Å². The fourth-order valence-electron chi connectivity index (χ4n) is 3.14. The van der Waals surface area contributed by atoms with E-state index < -0.39 is 16.1 Å². The van der Waals surface area contributed by atoms with Crippen LogP contribution in [0.25, 0.3) is 22.3 Å². The lowest BCUT2D eigenvalue weighted by Crippen LogP contribution is -2.40. The maximum Gasteiger partial charge on any atom is 0.261 e. The fraction of sp³-hybridized carbons (Fsp3) is 0.364. The summed E-state index contributed by atoms with van der Waals surface area (Å²) >= 11 is 4.76.